The molecule has 6 atom stereocenters. The highest BCUT2D eigenvalue weighted by Crippen LogP contribution is 2.30. The smallest absolute Gasteiger partial charge is 0.243 e. The predicted octanol–water partition coefficient (Wildman–Crippen LogP) is 3.80. The molecule has 0 bridgehead atoms. The number of hydrogen-bond acceptors (Lipinski definition) is 6. The van der Waals surface area contributed by atoms with E-state index >= 15 is 0 Å². The molecule has 2 fully saturated rings. The maximum atomic E-state index is 14.1. The largest absolute Gasteiger partial charge is 0.391 e. The van der Waals surface area contributed by atoms with Crippen molar-refractivity contribution < 1.29 is 19.5 Å². The number of aliphatic hydroxyl groups is 1. The van der Waals surface area contributed by atoms with E-state index in [1.165, 1.54) is 19.3 Å². The number of imidazole rings is 1. The molecule has 2 aromatic rings. The van der Waals surface area contributed by atoms with Crippen molar-refractivity contribution in [2.45, 2.75) is 128 Å². The summed E-state index contributed by atoms with van der Waals surface area (Å²) in [7, 11) is 0. The molecule has 10 heteroatoms. The van der Waals surface area contributed by atoms with E-state index in [1.807, 2.05) is 30.3 Å². The number of nitrogens with zero attached hydrogens (tertiary/aromatic N) is 1. The Morgan fingerprint density at radius 3 is 2.28 bits per heavy atom. The highest BCUT2D eigenvalue weighted by molar-refractivity contribution is 5.93. The van der Waals surface area contributed by atoms with Gasteiger partial charge in [0.1, 0.15) is 12.1 Å². The number of carbonyl (C=O) groups is 3. The van der Waals surface area contributed by atoms with Crippen molar-refractivity contribution >= 4 is 17.7 Å². The Balaban J connectivity index is 1.53. The fourth-order valence-electron chi connectivity index (χ4n) is 7.10. The fraction of sp³-hybridized carbons (Fsp3) is 0.667. The zero-order valence-corrected chi connectivity index (χ0v) is 28.0. The van der Waals surface area contributed by atoms with Crippen LogP contribution in [-0.2, 0) is 27.2 Å². The normalized spacial score (nSPS) is 20.4. The number of H-pyrrole nitrogens is 1. The standard InChI is InChI=1S/C36H56N6O4/c1-4-27(24(2)3)20-33(43)30(18-25-12-7-5-8-13-25)40-36(46)32(21-28-22-37-23-39-28)42-35(45)31(19-26-14-9-6-10-15-26)41-34(44)29-16-11-17-38-29/h6,9-10,14-15,22-25,27,29-33,38,43H,4-5,7-8,11-13,16-21H2,1-3H3,(H,37,39)(H,40,46)(H,41,44)(H,42,45)/t27-,29+,30-,31-,32?,33-/m0/s1. The number of benzene rings is 1. The van der Waals surface area contributed by atoms with Crippen LogP contribution < -0.4 is 21.3 Å². The van der Waals surface area contributed by atoms with Crippen molar-refractivity contribution in [3.05, 3.63) is 54.1 Å². The van der Waals surface area contributed by atoms with Crippen molar-refractivity contribution in [2.24, 2.45) is 17.8 Å². The fourth-order valence-corrected chi connectivity index (χ4v) is 7.10. The number of nitrogens with one attached hydrogen (secondary N) is 5. The highest BCUT2D eigenvalue weighted by Gasteiger charge is 2.34. The molecule has 0 spiro atoms. The van der Waals surface area contributed by atoms with Crippen LogP contribution in [0.1, 0.15) is 96.2 Å². The first-order chi connectivity index (χ1) is 22.2. The molecule has 3 amide bonds. The third-order valence-electron chi connectivity index (χ3n) is 10.0. The van der Waals surface area contributed by atoms with Gasteiger partial charge < -0.3 is 31.4 Å². The van der Waals surface area contributed by atoms with E-state index in [-0.39, 0.29) is 24.3 Å². The van der Waals surface area contributed by atoms with Gasteiger partial charge in [-0.3, -0.25) is 14.4 Å². The number of aromatic amines is 1. The van der Waals surface area contributed by atoms with Gasteiger partial charge in [-0.2, -0.15) is 0 Å². The third-order valence-corrected chi connectivity index (χ3v) is 10.0. The van der Waals surface area contributed by atoms with Crippen LogP contribution in [0.5, 0.6) is 0 Å². The highest BCUT2D eigenvalue weighted by atomic mass is 16.3. The molecule has 2 aliphatic rings. The Kier molecular flexibility index (Phi) is 14.1. The van der Waals surface area contributed by atoms with Gasteiger partial charge in [0.2, 0.25) is 17.7 Å². The first-order valence-corrected chi connectivity index (χ1v) is 17.6. The summed E-state index contributed by atoms with van der Waals surface area (Å²) >= 11 is 0. The molecule has 10 nitrogen and oxygen atoms in total. The second-order valence-electron chi connectivity index (χ2n) is 13.8. The minimum atomic E-state index is -0.930. The Morgan fingerprint density at radius 1 is 0.935 bits per heavy atom. The van der Waals surface area contributed by atoms with Crippen LogP contribution in [0.15, 0.2) is 42.9 Å². The first-order valence-electron chi connectivity index (χ1n) is 17.6. The zero-order valence-electron chi connectivity index (χ0n) is 28.0. The summed E-state index contributed by atoms with van der Waals surface area (Å²) in [6, 6.07) is 7.01. The summed E-state index contributed by atoms with van der Waals surface area (Å²) in [5.74, 6) is 0.234. The van der Waals surface area contributed by atoms with E-state index in [0.29, 0.717) is 42.7 Å². The van der Waals surface area contributed by atoms with Gasteiger partial charge in [0.05, 0.1) is 24.5 Å². The minimum Gasteiger partial charge on any atom is -0.391 e. The van der Waals surface area contributed by atoms with Crippen LogP contribution in [0.25, 0.3) is 0 Å². The van der Waals surface area contributed by atoms with Crippen molar-refractivity contribution in [2.75, 3.05) is 6.54 Å². The summed E-state index contributed by atoms with van der Waals surface area (Å²) in [5, 5.41) is 23.9. The van der Waals surface area contributed by atoms with Crippen molar-refractivity contribution in [3.63, 3.8) is 0 Å². The molecule has 1 aliphatic heterocycles. The SMILES string of the molecule is CC[C@@H](C[C@H](O)[C@H](CC1CCCCC1)NC(=O)C(Cc1cnc[nH]1)NC(=O)[C@H](Cc1ccccc1)NC(=O)[C@H]1CCCN1)C(C)C. The van der Waals surface area contributed by atoms with Crippen LogP contribution in [0, 0.1) is 17.8 Å². The number of hydrogen-bond donors (Lipinski definition) is 6. The molecular weight excluding hydrogens is 580 g/mol. The average Bonchev–Trinajstić information content (AvgIpc) is 3.79. The van der Waals surface area contributed by atoms with E-state index in [9.17, 15) is 19.5 Å². The number of rotatable bonds is 17. The lowest BCUT2D eigenvalue weighted by Crippen LogP contribution is -2.58. The molecule has 1 aromatic heterocycles. The van der Waals surface area contributed by atoms with E-state index < -0.39 is 30.1 Å². The number of aliphatic hydroxyl groups excluding tert-OH is 1. The molecule has 1 unspecified atom stereocenters. The number of amides is 3. The Morgan fingerprint density at radius 2 is 1.65 bits per heavy atom. The van der Waals surface area contributed by atoms with E-state index in [0.717, 1.165) is 44.2 Å². The lowest BCUT2D eigenvalue weighted by Gasteiger charge is -2.33. The quantitative estimate of drug-likeness (QED) is 0.156. The van der Waals surface area contributed by atoms with Gasteiger partial charge in [0.25, 0.3) is 0 Å². The van der Waals surface area contributed by atoms with Crippen molar-refractivity contribution in [1.82, 2.24) is 31.2 Å². The summed E-state index contributed by atoms with van der Waals surface area (Å²) in [5.41, 5.74) is 1.61. The summed E-state index contributed by atoms with van der Waals surface area (Å²) in [4.78, 5) is 48.3. The van der Waals surface area contributed by atoms with Gasteiger partial charge in [0.15, 0.2) is 0 Å². The van der Waals surface area contributed by atoms with E-state index in [2.05, 4.69) is 52.0 Å². The minimum absolute atomic E-state index is 0.198. The Hall–Kier alpha value is -3.24. The second-order valence-corrected chi connectivity index (χ2v) is 13.8. The molecule has 254 valence electrons. The topological polar surface area (TPSA) is 148 Å². The maximum Gasteiger partial charge on any atom is 0.243 e. The van der Waals surface area contributed by atoms with Gasteiger partial charge in [-0.05, 0) is 55.5 Å². The summed E-state index contributed by atoms with van der Waals surface area (Å²) < 4.78 is 0. The van der Waals surface area contributed by atoms with Crippen LogP contribution in [-0.4, -0.2) is 69.6 Å². The van der Waals surface area contributed by atoms with Gasteiger partial charge >= 0.3 is 0 Å². The monoisotopic (exact) mass is 636 g/mol. The molecule has 0 radical (unpaired) electrons. The summed E-state index contributed by atoms with van der Waals surface area (Å²) in [6.45, 7) is 7.28. The van der Waals surface area contributed by atoms with Crippen LogP contribution in [0.4, 0.5) is 0 Å². The maximum absolute atomic E-state index is 14.1. The molecular formula is C36H56N6O4. The molecule has 6 N–H and O–H groups in total. The first kappa shape index (κ1) is 35.6. The molecule has 1 saturated heterocycles. The van der Waals surface area contributed by atoms with Crippen LogP contribution in [0.2, 0.25) is 0 Å². The zero-order chi connectivity index (χ0) is 32.9. The third kappa shape index (κ3) is 10.9. The van der Waals surface area contributed by atoms with Crippen LogP contribution >= 0.6 is 0 Å². The molecule has 4 rings (SSSR count). The average molecular weight is 637 g/mol. The summed E-state index contributed by atoms with van der Waals surface area (Å²) in [6.07, 6.45) is 12.7. The van der Waals surface area contributed by atoms with Crippen LogP contribution in [0.3, 0.4) is 0 Å². The molecule has 2 heterocycles. The van der Waals surface area contributed by atoms with E-state index in [4.69, 9.17) is 0 Å². The lowest BCUT2D eigenvalue weighted by atomic mass is 9.80. The molecule has 46 heavy (non-hydrogen) atoms. The number of carbonyl (C=O) groups excluding carboxylic acids is 3. The van der Waals surface area contributed by atoms with Gasteiger partial charge in [-0.25, -0.2) is 4.98 Å². The molecule has 1 saturated carbocycles. The van der Waals surface area contributed by atoms with Crippen molar-refractivity contribution in [1.29, 1.82) is 0 Å². The van der Waals surface area contributed by atoms with Gasteiger partial charge in [0, 0.05) is 24.7 Å². The molecule has 1 aliphatic carbocycles. The van der Waals surface area contributed by atoms with Crippen molar-refractivity contribution in [3.8, 4) is 0 Å². The second kappa shape index (κ2) is 18.2. The van der Waals surface area contributed by atoms with E-state index in [1.54, 1.807) is 12.5 Å². The lowest BCUT2D eigenvalue weighted by molar-refractivity contribution is -0.133. The Bertz CT molecular complexity index is 1190. The molecule has 1 aromatic carbocycles. The predicted molar refractivity (Wildman–Crippen MR) is 180 cm³/mol. The number of aromatic nitrogens is 2. The van der Waals surface area contributed by atoms with Gasteiger partial charge in [-0.1, -0.05) is 89.6 Å². The Labute approximate surface area is 274 Å². The van der Waals surface area contributed by atoms with Gasteiger partial charge in [-0.15, -0.1) is 0 Å².